The number of rotatable bonds is 4. The van der Waals surface area contributed by atoms with E-state index < -0.39 is 12.3 Å². The molecular weight excluding hydrogens is 253 g/mol. The van der Waals surface area contributed by atoms with Crippen LogP contribution in [0.15, 0.2) is 16.8 Å². The molecule has 1 aliphatic heterocycles. The molecule has 0 bridgehead atoms. The zero-order chi connectivity index (χ0) is 13.8. The summed E-state index contributed by atoms with van der Waals surface area (Å²) in [5, 5.41) is 8.67. The zero-order valence-electron chi connectivity index (χ0n) is 10.6. The highest BCUT2D eigenvalue weighted by atomic mass is 19.1. The molecule has 2 rings (SSSR count). The van der Waals surface area contributed by atoms with E-state index in [2.05, 4.69) is 4.99 Å². The molecule has 0 aromatic carbocycles. The Balaban J connectivity index is 2.05. The first kappa shape index (κ1) is 14.0. The van der Waals surface area contributed by atoms with Crippen LogP contribution in [0.3, 0.4) is 0 Å². The van der Waals surface area contributed by atoms with Crippen LogP contribution < -0.4 is 5.73 Å². The molecule has 1 amide bonds. The number of allylic oxidation sites excluding steroid dienone is 2. The largest absolute Gasteiger partial charge is 0.443 e. The fourth-order valence-electron chi connectivity index (χ4n) is 2.21. The van der Waals surface area contributed by atoms with Gasteiger partial charge in [0.1, 0.15) is 6.10 Å². The first-order chi connectivity index (χ1) is 9.15. The van der Waals surface area contributed by atoms with Gasteiger partial charge in [-0.15, -0.1) is 0 Å². The number of carbonyl (C=O) groups is 1. The maximum Gasteiger partial charge on any atom is 0.414 e. The molecule has 1 aliphatic carbocycles. The first-order valence-electron chi connectivity index (χ1n) is 6.32. The number of nitrogens with zero attached hydrogens (tertiary/aromatic N) is 2. The third-order valence-corrected chi connectivity index (χ3v) is 3.19. The number of halogens is 1. The molecule has 19 heavy (non-hydrogen) atoms. The maximum atomic E-state index is 13.9. The molecule has 0 aromatic rings. The monoisotopic (exact) mass is 271 g/mol. The van der Waals surface area contributed by atoms with Crippen molar-refractivity contribution in [2.75, 3.05) is 26.2 Å². The molecule has 106 valence electrons. The quantitative estimate of drug-likeness (QED) is 0.765. The van der Waals surface area contributed by atoms with E-state index in [0.29, 0.717) is 30.8 Å². The van der Waals surface area contributed by atoms with Gasteiger partial charge in [0.2, 0.25) is 0 Å². The summed E-state index contributed by atoms with van der Waals surface area (Å²) in [6.45, 7) is 0.748. The lowest BCUT2D eigenvalue weighted by atomic mass is 10.00. The average molecular weight is 271 g/mol. The maximum absolute atomic E-state index is 13.9. The van der Waals surface area contributed by atoms with Gasteiger partial charge in [-0.1, -0.05) is 0 Å². The molecule has 3 N–H and O–H groups in total. The smallest absolute Gasteiger partial charge is 0.414 e. The zero-order valence-corrected chi connectivity index (χ0v) is 10.6. The molecule has 0 aromatic heterocycles. The minimum absolute atomic E-state index is 0.0938. The number of hydrogen-bond acceptors (Lipinski definition) is 5. The van der Waals surface area contributed by atoms with Crippen LogP contribution in [0.4, 0.5) is 9.18 Å². The van der Waals surface area contributed by atoms with Crippen LogP contribution in [0.1, 0.15) is 12.8 Å². The Morgan fingerprint density at radius 1 is 1.58 bits per heavy atom. The fourth-order valence-corrected chi connectivity index (χ4v) is 2.21. The fraction of sp³-hybridized carbons (Fsp3) is 0.667. The van der Waals surface area contributed by atoms with Crippen LogP contribution in [0.2, 0.25) is 0 Å². The number of aliphatic imine (C=N–C) groups is 1. The van der Waals surface area contributed by atoms with E-state index in [0.717, 1.165) is 0 Å². The highest BCUT2D eigenvalue weighted by Crippen LogP contribution is 2.26. The summed E-state index contributed by atoms with van der Waals surface area (Å²) in [4.78, 5) is 17.0. The SMILES string of the molecule is NCC1CN(C2=CC(F)C(=NCCO)CC2)C(=O)O1. The molecule has 1 fully saturated rings. The van der Waals surface area contributed by atoms with Gasteiger partial charge >= 0.3 is 6.09 Å². The van der Waals surface area contributed by atoms with Crippen molar-refractivity contribution in [1.82, 2.24) is 4.90 Å². The van der Waals surface area contributed by atoms with Gasteiger partial charge in [0, 0.05) is 12.2 Å². The van der Waals surface area contributed by atoms with Crippen molar-refractivity contribution in [3.63, 3.8) is 0 Å². The molecular formula is C12H18FN3O3. The van der Waals surface area contributed by atoms with Crippen molar-refractivity contribution in [2.45, 2.75) is 25.1 Å². The number of aliphatic hydroxyl groups is 1. The van der Waals surface area contributed by atoms with Crippen LogP contribution in [-0.2, 0) is 4.74 Å². The Bertz CT molecular complexity index is 411. The lowest BCUT2D eigenvalue weighted by molar-refractivity contribution is 0.137. The Kier molecular flexibility index (Phi) is 4.49. The Labute approximate surface area is 110 Å². The second-order valence-electron chi connectivity index (χ2n) is 4.51. The molecule has 2 atom stereocenters. The van der Waals surface area contributed by atoms with Crippen molar-refractivity contribution in [1.29, 1.82) is 0 Å². The van der Waals surface area contributed by atoms with Gasteiger partial charge in [-0.25, -0.2) is 9.18 Å². The Morgan fingerprint density at radius 3 is 2.95 bits per heavy atom. The lowest BCUT2D eigenvalue weighted by Gasteiger charge is -2.23. The number of ether oxygens (including phenoxy) is 1. The van der Waals surface area contributed by atoms with Gasteiger partial charge in [0.25, 0.3) is 0 Å². The van der Waals surface area contributed by atoms with E-state index in [-0.39, 0.29) is 25.8 Å². The van der Waals surface area contributed by atoms with E-state index >= 15 is 0 Å². The number of aliphatic hydroxyl groups excluding tert-OH is 1. The summed E-state index contributed by atoms with van der Waals surface area (Å²) in [7, 11) is 0. The summed E-state index contributed by atoms with van der Waals surface area (Å²) in [6.07, 6.45) is 0.279. The van der Waals surface area contributed by atoms with Gasteiger partial charge in [0.15, 0.2) is 6.17 Å². The summed E-state index contributed by atoms with van der Waals surface area (Å²) in [5.41, 5.74) is 6.49. The first-order valence-corrected chi connectivity index (χ1v) is 6.32. The van der Waals surface area contributed by atoms with E-state index in [9.17, 15) is 9.18 Å². The van der Waals surface area contributed by atoms with Crippen LogP contribution in [0.25, 0.3) is 0 Å². The van der Waals surface area contributed by atoms with Crippen molar-refractivity contribution in [3.05, 3.63) is 11.8 Å². The summed E-state index contributed by atoms with van der Waals surface area (Å²) in [5.74, 6) is 0. The number of alkyl halides is 1. The molecule has 2 aliphatic rings. The summed E-state index contributed by atoms with van der Waals surface area (Å²) < 4.78 is 18.9. The third-order valence-electron chi connectivity index (χ3n) is 3.19. The van der Waals surface area contributed by atoms with Crippen molar-refractivity contribution in [2.24, 2.45) is 10.7 Å². The highest BCUT2D eigenvalue weighted by molar-refractivity contribution is 5.92. The summed E-state index contributed by atoms with van der Waals surface area (Å²) >= 11 is 0. The van der Waals surface area contributed by atoms with Crippen molar-refractivity contribution >= 4 is 11.8 Å². The molecule has 0 spiro atoms. The Hall–Kier alpha value is -1.47. The number of amides is 1. The minimum atomic E-state index is -1.31. The predicted octanol–water partition coefficient (Wildman–Crippen LogP) is 0.215. The van der Waals surface area contributed by atoms with Gasteiger partial charge in [-0.2, -0.15) is 0 Å². The molecule has 0 saturated carbocycles. The van der Waals surface area contributed by atoms with E-state index in [1.165, 1.54) is 11.0 Å². The summed E-state index contributed by atoms with van der Waals surface area (Å²) in [6, 6.07) is 0. The molecule has 7 heteroatoms. The van der Waals surface area contributed by atoms with Gasteiger partial charge in [-0.05, 0) is 18.9 Å². The normalized spacial score (nSPS) is 29.6. The molecule has 1 heterocycles. The van der Waals surface area contributed by atoms with Crippen LogP contribution >= 0.6 is 0 Å². The number of carbonyl (C=O) groups excluding carboxylic acids is 1. The van der Waals surface area contributed by atoms with Crippen LogP contribution in [0.5, 0.6) is 0 Å². The van der Waals surface area contributed by atoms with Gasteiger partial charge in [-0.3, -0.25) is 9.89 Å². The highest BCUT2D eigenvalue weighted by Gasteiger charge is 2.34. The average Bonchev–Trinajstić information content (AvgIpc) is 2.78. The van der Waals surface area contributed by atoms with Crippen molar-refractivity contribution in [3.8, 4) is 0 Å². The second kappa shape index (κ2) is 6.12. The Morgan fingerprint density at radius 2 is 2.37 bits per heavy atom. The molecule has 0 radical (unpaired) electrons. The number of hydrogen-bond donors (Lipinski definition) is 2. The topological polar surface area (TPSA) is 88.1 Å². The van der Waals surface area contributed by atoms with E-state index in [1.54, 1.807) is 0 Å². The van der Waals surface area contributed by atoms with E-state index in [4.69, 9.17) is 15.6 Å². The minimum Gasteiger partial charge on any atom is -0.443 e. The van der Waals surface area contributed by atoms with Gasteiger partial charge < -0.3 is 15.6 Å². The molecule has 1 saturated heterocycles. The van der Waals surface area contributed by atoms with E-state index in [1.807, 2.05) is 0 Å². The predicted molar refractivity (Wildman–Crippen MR) is 67.6 cm³/mol. The second-order valence-corrected chi connectivity index (χ2v) is 4.51. The molecule has 6 nitrogen and oxygen atoms in total. The van der Waals surface area contributed by atoms with Crippen LogP contribution in [-0.4, -0.2) is 60.3 Å². The van der Waals surface area contributed by atoms with Crippen molar-refractivity contribution < 1.29 is 19.0 Å². The standard InChI is InChI=1S/C12H18FN3O3/c13-10-5-8(1-2-11(10)15-3-4-17)16-7-9(6-14)19-12(16)18/h5,9-10,17H,1-4,6-7,14H2. The third kappa shape index (κ3) is 3.10. The number of nitrogens with two attached hydrogens (primary N) is 1. The number of cyclic esters (lactones) is 1. The van der Waals surface area contributed by atoms with Crippen LogP contribution in [0, 0.1) is 0 Å². The van der Waals surface area contributed by atoms with Gasteiger partial charge in [0.05, 0.1) is 25.4 Å². The lowest BCUT2D eigenvalue weighted by Crippen LogP contribution is -2.31. The molecule has 2 unspecified atom stereocenters.